The molecule has 0 bridgehead atoms. The zero-order chi connectivity index (χ0) is 17.4. The number of piperidine rings is 1. The molecule has 0 aromatic heterocycles. The number of para-hydroxylation sites is 1. The van der Waals surface area contributed by atoms with Crippen molar-refractivity contribution in [2.24, 2.45) is 11.8 Å². The molecule has 0 radical (unpaired) electrons. The van der Waals surface area contributed by atoms with Crippen molar-refractivity contribution in [2.75, 3.05) is 25.0 Å². The van der Waals surface area contributed by atoms with Crippen LogP contribution in [0.25, 0.3) is 0 Å². The maximum atomic E-state index is 12.6. The molecule has 6 unspecified atom stereocenters. The van der Waals surface area contributed by atoms with Gasteiger partial charge in [-0.15, -0.1) is 0 Å². The summed E-state index contributed by atoms with van der Waals surface area (Å²) in [6.07, 6.45) is 6.48. The van der Waals surface area contributed by atoms with Gasteiger partial charge < -0.3 is 9.38 Å². The van der Waals surface area contributed by atoms with E-state index in [9.17, 15) is 4.79 Å². The van der Waals surface area contributed by atoms with E-state index in [-0.39, 0.29) is 11.3 Å². The van der Waals surface area contributed by atoms with Crippen LogP contribution < -0.4 is 4.90 Å². The molecule has 3 nitrogen and oxygen atoms in total. The van der Waals surface area contributed by atoms with Gasteiger partial charge in [-0.25, -0.2) is 0 Å². The topological polar surface area (TPSA) is 20.3 Å². The first kappa shape index (κ1) is 15.9. The highest BCUT2D eigenvalue weighted by Crippen LogP contribution is 2.63. The molecule has 1 aromatic rings. The fourth-order valence-corrected chi connectivity index (χ4v) is 7.67. The molecule has 3 heterocycles. The Balaban J connectivity index is 1.69. The second kappa shape index (κ2) is 5.09. The monoisotopic (exact) mass is 339 g/mol. The van der Waals surface area contributed by atoms with Gasteiger partial charge in [0.2, 0.25) is 5.91 Å². The van der Waals surface area contributed by atoms with E-state index in [0.717, 1.165) is 11.8 Å². The smallest absolute Gasteiger partial charge is 0.224 e. The number of benzene rings is 1. The summed E-state index contributed by atoms with van der Waals surface area (Å²) >= 11 is 0. The third kappa shape index (κ3) is 1.83. The van der Waals surface area contributed by atoms with Crippen molar-refractivity contribution in [3.63, 3.8) is 0 Å². The van der Waals surface area contributed by atoms with Gasteiger partial charge in [-0.1, -0.05) is 25.1 Å². The van der Waals surface area contributed by atoms with Crippen molar-refractivity contribution in [2.45, 2.75) is 63.5 Å². The molecule has 3 fully saturated rings. The largest absolute Gasteiger partial charge is 0.322 e. The molecule has 4 aliphatic rings. The first-order chi connectivity index (χ1) is 12.0. The lowest BCUT2D eigenvalue weighted by atomic mass is 9.58. The van der Waals surface area contributed by atoms with Crippen molar-refractivity contribution in [1.29, 1.82) is 0 Å². The summed E-state index contributed by atoms with van der Waals surface area (Å²) in [5.41, 5.74) is 2.91. The van der Waals surface area contributed by atoms with Crippen molar-refractivity contribution < 1.29 is 9.28 Å². The van der Waals surface area contributed by atoms with Gasteiger partial charge in [0.05, 0.1) is 31.6 Å². The molecule has 2 saturated heterocycles. The molecule has 6 atom stereocenters. The Morgan fingerprint density at radius 2 is 2.12 bits per heavy atom. The molecule has 5 rings (SSSR count). The molecule has 0 N–H and O–H groups in total. The summed E-state index contributed by atoms with van der Waals surface area (Å²) in [6.45, 7) is 6.76. The van der Waals surface area contributed by atoms with Gasteiger partial charge >= 0.3 is 0 Å². The fourth-order valence-electron chi connectivity index (χ4n) is 7.67. The van der Waals surface area contributed by atoms with Gasteiger partial charge in [-0.3, -0.25) is 4.79 Å². The summed E-state index contributed by atoms with van der Waals surface area (Å²) in [6, 6.07) is 9.94. The van der Waals surface area contributed by atoms with Gasteiger partial charge in [0.25, 0.3) is 0 Å². The van der Waals surface area contributed by atoms with Crippen molar-refractivity contribution in [1.82, 2.24) is 0 Å². The molecule has 3 heteroatoms. The minimum Gasteiger partial charge on any atom is -0.322 e. The molecule has 1 spiro atoms. The van der Waals surface area contributed by atoms with Crippen LogP contribution in [0.3, 0.4) is 0 Å². The summed E-state index contributed by atoms with van der Waals surface area (Å²) in [5, 5.41) is 0. The average molecular weight is 340 g/mol. The summed E-state index contributed by atoms with van der Waals surface area (Å²) < 4.78 is 1.25. The Morgan fingerprint density at radius 1 is 1.32 bits per heavy atom. The SMILES string of the molecule is CCC1CC2CCC3N(C(C)=O)c4ccccc4C34CC[N+](C)(C1)C24. The second-order valence-corrected chi connectivity index (χ2v) is 9.39. The Morgan fingerprint density at radius 3 is 2.88 bits per heavy atom. The van der Waals surface area contributed by atoms with Crippen molar-refractivity contribution in [3.05, 3.63) is 29.8 Å². The molecule has 1 aromatic carbocycles. The molecule has 134 valence electrons. The number of anilines is 1. The maximum Gasteiger partial charge on any atom is 0.224 e. The van der Waals surface area contributed by atoms with Gasteiger partial charge in [-0.2, -0.15) is 0 Å². The number of carbonyl (C=O) groups is 1. The number of fused-ring (bicyclic) bond motifs is 1. The van der Waals surface area contributed by atoms with Gasteiger partial charge in [0.1, 0.15) is 6.04 Å². The molecular weight excluding hydrogens is 308 g/mol. The standard InChI is InChI=1S/C22H31N2O/c1-4-16-13-17-9-10-20-22(11-12-24(3,14-16)21(17)22)18-7-5-6-8-19(18)23(20)15(2)25/h5-8,16-17,20-21H,4,9-14H2,1-3H3/q+1. The molecule has 3 aliphatic heterocycles. The normalized spacial score (nSPS) is 44.2. The molecule has 1 aliphatic carbocycles. The van der Waals surface area contributed by atoms with E-state index < -0.39 is 0 Å². The number of likely N-dealkylation sites (N-methyl/N-ethyl adjacent to an activating group) is 1. The summed E-state index contributed by atoms with van der Waals surface area (Å²) in [7, 11) is 2.52. The highest BCUT2D eigenvalue weighted by atomic mass is 16.2. The van der Waals surface area contributed by atoms with Crippen LogP contribution in [0.4, 0.5) is 5.69 Å². The van der Waals surface area contributed by atoms with Crippen LogP contribution in [0.15, 0.2) is 24.3 Å². The van der Waals surface area contributed by atoms with E-state index in [2.05, 4.69) is 43.1 Å². The number of quaternary nitrogens is 1. The first-order valence-electron chi connectivity index (χ1n) is 10.2. The van der Waals surface area contributed by atoms with Gasteiger partial charge in [0, 0.05) is 30.9 Å². The predicted octanol–water partition coefficient (Wildman–Crippen LogP) is 3.72. The fraction of sp³-hybridized carbons (Fsp3) is 0.682. The molecule has 25 heavy (non-hydrogen) atoms. The number of nitrogens with zero attached hydrogens (tertiary/aromatic N) is 2. The molecule has 1 saturated carbocycles. The lowest BCUT2D eigenvalue weighted by Gasteiger charge is -2.55. The van der Waals surface area contributed by atoms with Crippen LogP contribution in [0.5, 0.6) is 0 Å². The third-order valence-corrected chi connectivity index (χ3v) is 8.29. The Labute approximate surface area is 151 Å². The Kier molecular flexibility index (Phi) is 3.23. The van der Waals surface area contributed by atoms with Crippen LogP contribution in [-0.2, 0) is 10.2 Å². The lowest BCUT2D eigenvalue weighted by molar-refractivity contribution is -0.936. The van der Waals surface area contributed by atoms with Crippen LogP contribution in [0, 0.1) is 11.8 Å². The first-order valence-corrected chi connectivity index (χ1v) is 10.2. The summed E-state index contributed by atoms with van der Waals surface area (Å²) in [4.78, 5) is 14.8. The van der Waals surface area contributed by atoms with E-state index in [0.29, 0.717) is 12.1 Å². The third-order valence-electron chi connectivity index (χ3n) is 8.29. The van der Waals surface area contributed by atoms with Crippen molar-refractivity contribution >= 4 is 11.6 Å². The number of rotatable bonds is 1. The van der Waals surface area contributed by atoms with E-state index in [1.165, 1.54) is 60.9 Å². The van der Waals surface area contributed by atoms with Crippen LogP contribution in [0.1, 0.15) is 51.5 Å². The van der Waals surface area contributed by atoms with E-state index in [1.54, 1.807) is 6.92 Å². The molecular formula is C22H31N2O+. The van der Waals surface area contributed by atoms with E-state index >= 15 is 0 Å². The number of hydrogen-bond donors (Lipinski definition) is 0. The Bertz CT molecular complexity index is 730. The lowest BCUT2D eigenvalue weighted by Crippen LogP contribution is -2.67. The van der Waals surface area contributed by atoms with Crippen LogP contribution >= 0.6 is 0 Å². The quantitative estimate of drug-likeness (QED) is 0.714. The average Bonchev–Trinajstić information content (AvgIpc) is 3.08. The predicted molar refractivity (Wildman–Crippen MR) is 101 cm³/mol. The van der Waals surface area contributed by atoms with Gasteiger partial charge in [0.15, 0.2) is 0 Å². The second-order valence-electron chi connectivity index (χ2n) is 9.39. The van der Waals surface area contributed by atoms with E-state index in [1.807, 2.05) is 0 Å². The maximum absolute atomic E-state index is 12.6. The van der Waals surface area contributed by atoms with Gasteiger partial charge in [-0.05, 0) is 37.3 Å². The summed E-state index contributed by atoms with van der Waals surface area (Å²) in [5.74, 6) is 1.96. The minimum absolute atomic E-state index is 0.207. The van der Waals surface area contributed by atoms with Crippen LogP contribution in [-0.4, -0.2) is 42.6 Å². The highest BCUT2D eigenvalue weighted by Gasteiger charge is 2.70. The van der Waals surface area contributed by atoms with E-state index in [4.69, 9.17) is 0 Å². The highest BCUT2D eigenvalue weighted by molar-refractivity contribution is 5.96. The zero-order valence-electron chi connectivity index (χ0n) is 15.9. The zero-order valence-corrected chi connectivity index (χ0v) is 15.9. The minimum atomic E-state index is 0.207. The number of carbonyl (C=O) groups excluding carboxylic acids is 1. The number of amides is 1. The number of hydrogen-bond acceptors (Lipinski definition) is 1. The molecule has 1 amide bonds. The van der Waals surface area contributed by atoms with Crippen LogP contribution in [0.2, 0.25) is 0 Å². The van der Waals surface area contributed by atoms with Crippen molar-refractivity contribution in [3.8, 4) is 0 Å². The Hall–Kier alpha value is -1.35.